The van der Waals surface area contributed by atoms with Crippen LogP contribution in [0.4, 0.5) is 5.69 Å². The molecule has 0 amide bonds. The second-order valence-corrected chi connectivity index (χ2v) is 5.18. The molecule has 3 heteroatoms. The van der Waals surface area contributed by atoms with Gasteiger partial charge in [0.05, 0.1) is 12.8 Å². The second-order valence-electron chi connectivity index (χ2n) is 5.18. The molecule has 0 saturated heterocycles. The largest absolute Gasteiger partial charge is 0.497 e. The van der Waals surface area contributed by atoms with E-state index in [4.69, 9.17) is 4.74 Å². The number of para-hydroxylation sites is 1. The van der Waals surface area contributed by atoms with Gasteiger partial charge < -0.3 is 4.74 Å². The fourth-order valence-electron chi connectivity index (χ4n) is 2.46. The van der Waals surface area contributed by atoms with Crippen LogP contribution in [-0.4, -0.2) is 12.8 Å². The number of methoxy groups -OCH3 is 1. The molecule has 0 N–H and O–H groups in total. The lowest BCUT2D eigenvalue weighted by Crippen LogP contribution is -1.96. The summed E-state index contributed by atoms with van der Waals surface area (Å²) < 4.78 is 5.20. The Bertz CT molecular complexity index is 891. The molecule has 3 aromatic carbocycles. The first-order valence-electron chi connectivity index (χ1n) is 7.59. The van der Waals surface area contributed by atoms with Gasteiger partial charge in [0.1, 0.15) is 17.5 Å². The van der Waals surface area contributed by atoms with E-state index < -0.39 is 0 Å². The maximum Gasteiger partial charge on any atom is 0.148 e. The first-order valence-corrected chi connectivity index (χ1v) is 7.59. The van der Waals surface area contributed by atoms with E-state index in [1.165, 1.54) is 0 Å². The molecule has 0 fully saturated rings. The number of nitrogens with zero attached hydrogens (tertiary/aromatic N) is 2. The summed E-state index contributed by atoms with van der Waals surface area (Å²) in [7, 11) is 1.65. The molecule has 0 heterocycles. The molecule has 0 bridgehead atoms. The number of rotatable bonds is 4. The normalized spacial score (nSPS) is 10.9. The molecule has 0 aliphatic heterocycles. The molecular formula is C21H16N2O. The van der Waals surface area contributed by atoms with Crippen LogP contribution in [-0.2, 0) is 0 Å². The van der Waals surface area contributed by atoms with Gasteiger partial charge in [0.15, 0.2) is 0 Å². The Morgan fingerprint density at radius 1 is 0.875 bits per heavy atom. The second kappa shape index (κ2) is 7.26. The minimum Gasteiger partial charge on any atom is -0.497 e. The van der Waals surface area contributed by atoms with Gasteiger partial charge in [-0.15, -0.1) is 0 Å². The van der Waals surface area contributed by atoms with Crippen molar-refractivity contribution >= 4 is 11.4 Å². The van der Waals surface area contributed by atoms with E-state index in [0.29, 0.717) is 5.71 Å². The van der Waals surface area contributed by atoms with E-state index in [2.05, 4.69) is 11.1 Å². The molecule has 0 atom stereocenters. The minimum absolute atomic E-state index is 0.400. The Morgan fingerprint density at radius 2 is 1.54 bits per heavy atom. The molecule has 0 aliphatic rings. The van der Waals surface area contributed by atoms with Gasteiger partial charge in [0, 0.05) is 11.1 Å². The Morgan fingerprint density at radius 3 is 2.21 bits per heavy atom. The Hall–Kier alpha value is -3.38. The summed E-state index contributed by atoms with van der Waals surface area (Å²) in [5.41, 5.74) is 3.98. The summed E-state index contributed by atoms with van der Waals surface area (Å²) in [6.45, 7) is 0. The van der Waals surface area contributed by atoms with Crippen molar-refractivity contribution in [1.29, 1.82) is 5.26 Å². The van der Waals surface area contributed by atoms with Crippen molar-refractivity contribution in [1.82, 2.24) is 0 Å². The smallest absolute Gasteiger partial charge is 0.148 e. The first kappa shape index (κ1) is 15.5. The van der Waals surface area contributed by atoms with E-state index in [0.717, 1.165) is 28.1 Å². The van der Waals surface area contributed by atoms with Crippen molar-refractivity contribution in [2.45, 2.75) is 0 Å². The molecule has 116 valence electrons. The van der Waals surface area contributed by atoms with Crippen molar-refractivity contribution in [3.63, 3.8) is 0 Å². The number of hydrogen-bond acceptors (Lipinski definition) is 3. The van der Waals surface area contributed by atoms with Gasteiger partial charge in [-0.05, 0) is 23.8 Å². The van der Waals surface area contributed by atoms with Gasteiger partial charge in [-0.1, -0.05) is 60.7 Å². The molecule has 0 aliphatic carbocycles. The summed E-state index contributed by atoms with van der Waals surface area (Å²) in [4.78, 5) is 4.59. The zero-order valence-corrected chi connectivity index (χ0v) is 13.3. The van der Waals surface area contributed by atoms with Crippen LogP contribution in [0.15, 0.2) is 83.9 Å². The van der Waals surface area contributed by atoms with Crippen LogP contribution < -0.4 is 4.74 Å². The third-order valence-electron chi connectivity index (χ3n) is 3.69. The highest BCUT2D eigenvalue weighted by atomic mass is 16.5. The monoisotopic (exact) mass is 312 g/mol. The van der Waals surface area contributed by atoms with Crippen LogP contribution in [0, 0.1) is 11.3 Å². The van der Waals surface area contributed by atoms with E-state index >= 15 is 0 Å². The van der Waals surface area contributed by atoms with Crippen LogP contribution in [0.3, 0.4) is 0 Å². The number of hydrogen-bond donors (Lipinski definition) is 0. The number of benzene rings is 3. The van der Waals surface area contributed by atoms with Crippen molar-refractivity contribution in [3.8, 4) is 22.9 Å². The summed E-state index contributed by atoms with van der Waals surface area (Å²) in [6, 6.07) is 27.3. The van der Waals surface area contributed by atoms with Crippen LogP contribution in [0.25, 0.3) is 11.1 Å². The van der Waals surface area contributed by atoms with Crippen LogP contribution in [0.5, 0.6) is 5.75 Å². The lowest BCUT2D eigenvalue weighted by atomic mass is 10.0. The van der Waals surface area contributed by atoms with E-state index in [-0.39, 0.29) is 0 Å². The summed E-state index contributed by atoms with van der Waals surface area (Å²) in [6.07, 6.45) is 0. The summed E-state index contributed by atoms with van der Waals surface area (Å²) in [5.74, 6) is 0.807. The van der Waals surface area contributed by atoms with Crippen molar-refractivity contribution < 1.29 is 4.74 Å². The van der Waals surface area contributed by atoms with Gasteiger partial charge in [-0.2, -0.15) is 5.26 Å². The van der Waals surface area contributed by atoms with Gasteiger partial charge in [-0.25, -0.2) is 4.99 Å². The molecule has 0 unspecified atom stereocenters. The Kier molecular flexibility index (Phi) is 4.69. The molecule has 0 radical (unpaired) electrons. The SMILES string of the molecule is COc1ccc(-c2ccccc2N=C(C#N)c2ccccc2)cc1. The maximum absolute atomic E-state index is 9.47. The maximum atomic E-state index is 9.47. The number of aliphatic imine (C=N–C) groups is 1. The fourth-order valence-corrected chi connectivity index (χ4v) is 2.46. The van der Waals surface area contributed by atoms with Gasteiger partial charge >= 0.3 is 0 Å². The van der Waals surface area contributed by atoms with Crippen LogP contribution in [0.1, 0.15) is 5.56 Å². The molecule has 3 aromatic rings. The van der Waals surface area contributed by atoms with Gasteiger partial charge in [0.2, 0.25) is 0 Å². The van der Waals surface area contributed by atoms with Crippen molar-refractivity contribution in [2.24, 2.45) is 4.99 Å². The third kappa shape index (κ3) is 3.34. The van der Waals surface area contributed by atoms with Gasteiger partial charge in [0.25, 0.3) is 0 Å². The van der Waals surface area contributed by atoms with Gasteiger partial charge in [-0.3, -0.25) is 0 Å². The highest BCUT2D eigenvalue weighted by molar-refractivity contribution is 6.13. The lowest BCUT2D eigenvalue weighted by Gasteiger charge is -2.08. The minimum atomic E-state index is 0.400. The van der Waals surface area contributed by atoms with E-state index in [9.17, 15) is 5.26 Å². The van der Waals surface area contributed by atoms with Crippen LogP contribution >= 0.6 is 0 Å². The molecule has 3 nitrogen and oxygen atoms in total. The number of nitriles is 1. The average Bonchev–Trinajstić information content (AvgIpc) is 2.67. The standard InChI is InChI=1S/C21H16N2O/c1-24-18-13-11-16(12-14-18)19-9-5-6-10-20(19)23-21(15-22)17-7-3-2-4-8-17/h2-14H,1H3. The highest BCUT2D eigenvalue weighted by Crippen LogP contribution is 2.31. The quantitative estimate of drug-likeness (QED) is 0.636. The first-order chi connectivity index (χ1) is 11.8. The van der Waals surface area contributed by atoms with E-state index in [1.807, 2.05) is 78.9 Å². The lowest BCUT2D eigenvalue weighted by molar-refractivity contribution is 0.415. The summed E-state index contributed by atoms with van der Waals surface area (Å²) in [5, 5.41) is 9.47. The topological polar surface area (TPSA) is 45.4 Å². The van der Waals surface area contributed by atoms with E-state index in [1.54, 1.807) is 7.11 Å². The summed E-state index contributed by atoms with van der Waals surface area (Å²) >= 11 is 0. The zero-order valence-electron chi connectivity index (χ0n) is 13.3. The number of ether oxygens (including phenoxy) is 1. The molecule has 0 spiro atoms. The highest BCUT2D eigenvalue weighted by Gasteiger charge is 2.07. The average molecular weight is 312 g/mol. The van der Waals surface area contributed by atoms with Crippen molar-refractivity contribution in [3.05, 3.63) is 84.4 Å². The van der Waals surface area contributed by atoms with Crippen LogP contribution in [0.2, 0.25) is 0 Å². The fraction of sp³-hybridized carbons (Fsp3) is 0.0476. The third-order valence-corrected chi connectivity index (χ3v) is 3.69. The zero-order chi connectivity index (χ0) is 16.8. The predicted octanol–water partition coefficient (Wildman–Crippen LogP) is 5.01. The molecule has 24 heavy (non-hydrogen) atoms. The molecule has 3 rings (SSSR count). The molecular weight excluding hydrogens is 296 g/mol. The predicted molar refractivity (Wildman–Crippen MR) is 96.7 cm³/mol. The molecule has 0 aromatic heterocycles. The Labute approximate surface area is 141 Å². The van der Waals surface area contributed by atoms with Crippen molar-refractivity contribution in [2.75, 3.05) is 7.11 Å². The molecule has 0 saturated carbocycles. The Balaban J connectivity index is 2.06.